The number of hydrogen-bond donors (Lipinski definition) is 2. The van der Waals surface area contributed by atoms with Crippen molar-refractivity contribution >= 4 is 16.0 Å². The second kappa shape index (κ2) is 10.2. The van der Waals surface area contributed by atoms with Crippen molar-refractivity contribution in [3.63, 3.8) is 0 Å². The normalized spacial score (nSPS) is 11.9. The summed E-state index contributed by atoms with van der Waals surface area (Å²) in [6.45, 7) is 4.52. The molecule has 0 bridgehead atoms. The summed E-state index contributed by atoms with van der Waals surface area (Å²) in [6.07, 6.45) is 4.83. The Kier molecular flexibility index (Phi) is 9.81. The highest BCUT2D eigenvalue weighted by Gasteiger charge is 2.12. The van der Waals surface area contributed by atoms with Crippen molar-refractivity contribution in [2.45, 2.75) is 39.0 Å². The molecule has 0 atom stereocenters. The van der Waals surface area contributed by atoms with E-state index < -0.39 is 16.0 Å². The van der Waals surface area contributed by atoms with E-state index in [4.69, 9.17) is 5.11 Å². The zero-order chi connectivity index (χ0) is 14.7. The molecule has 2 N–H and O–H groups in total. The van der Waals surface area contributed by atoms with Crippen molar-refractivity contribution in [2.75, 3.05) is 32.4 Å². The van der Waals surface area contributed by atoms with Gasteiger partial charge < -0.3 is 10.4 Å². The topological polar surface area (TPSA) is 86.7 Å². The molecule has 0 unspecified atom stereocenters. The van der Waals surface area contributed by atoms with Crippen LogP contribution in [-0.2, 0) is 14.8 Å². The zero-order valence-corrected chi connectivity index (χ0v) is 12.7. The van der Waals surface area contributed by atoms with E-state index in [1.165, 1.54) is 10.6 Å². The van der Waals surface area contributed by atoms with Crippen molar-refractivity contribution in [1.82, 2.24) is 9.62 Å². The van der Waals surface area contributed by atoms with Crippen molar-refractivity contribution in [3.8, 4) is 0 Å². The average molecular weight is 294 g/mol. The number of sulfonamides is 1. The first-order valence-corrected chi connectivity index (χ1v) is 8.60. The van der Waals surface area contributed by atoms with E-state index in [9.17, 15) is 13.2 Å². The van der Waals surface area contributed by atoms with Gasteiger partial charge in [0, 0.05) is 19.5 Å². The van der Waals surface area contributed by atoms with Gasteiger partial charge in [-0.15, -0.1) is 0 Å². The molecular weight excluding hydrogens is 268 g/mol. The van der Waals surface area contributed by atoms with Gasteiger partial charge >= 0.3 is 5.97 Å². The fourth-order valence-corrected chi connectivity index (χ4v) is 2.70. The summed E-state index contributed by atoms with van der Waals surface area (Å²) < 4.78 is 24.1. The summed E-state index contributed by atoms with van der Waals surface area (Å²) >= 11 is 0. The van der Waals surface area contributed by atoms with Crippen LogP contribution >= 0.6 is 0 Å². The van der Waals surface area contributed by atoms with Gasteiger partial charge in [-0.25, -0.2) is 12.7 Å². The minimum atomic E-state index is -3.08. The molecule has 0 aliphatic rings. The molecule has 7 heteroatoms. The molecule has 0 aliphatic heterocycles. The first kappa shape index (κ1) is 18.3. The zero-order valence-electron chi connectivity index (χ0n) is 11.9. The lowest BCUT2D eigenvalue weighted by molar-refractivity contribution is -0.137. The summed E-state index contributed by atoms with van der Waals surface area (Å²) in [5.41, 5.74) is 0. The van der Waals surface area contributed by atoms with Crippen molar-refractivity contribution in [3.05, 3.63) is 0 Å². The van der Waals surface area contributed by atoms with Gasteiger partial charge in [-0.1, -0.05) is 13.3 Å². The van der Waals surface area contributed by atoms with Crippen LogP contribution in [0.3, 0.4) is 0 Å². The summed E-state index contributed by atoms with van der Waals surface area (Å²) in [5.74, 6) is -0.742. The summed E-state index contributed by atoms with van der Waals surface area (Å²) in [6, 6.07) is 0. The second-order valence-corrected chi connectivity index (χ2v) is 6.55. The molecule has 0 saturated carbocycles. The maximum atomic E-state index is 11.3. The monoisotopic (exact) mass is 294 g/mol. The van der Waals surface area contributed by atoms with Gasteiger partial charge in [-0.05, 0) is 32.4 Å². The second-order valence-electron chi connectivity index (χ2n) is 4.56. The quantitative estimate of drug-likeness (QED) is 0.522. The van der Waals surface area contributed by atoms with Gasteiger partial charge in [0.25, 0.3) is 0 Å². The molecule has 0 rings (SSSR count). The highest BCUT2D eigenvalue weighted by atomic mass is 32.2. The summed E-state index contributed by atoms with van der Waals surface area (Å²) in [4.78, 5) is 10.3. The van der Waals surface area contributed by atoms with E-state index in [1.807, 2.05) is 6.92 Å². The number of aliphatic carboxylic acids is 1. The first-order chi connectivity index (χ1) is 8.88. The van der Waals surface area contributed by atoms with Crippen LogP contribution in [0.25, 0.3) is 0 Å². The minimum absolute atomic E-state index is 0.236. The minimum Gasteiger partial charge on any atom is -0.481 e. The molecule has 0 radical (unpaired) electrons. The average Bonchev–Trinajstić information content (AvgIpc) is 2.29. The largest absolute Gasteiger partial charge is 0.481 e. The maximum absolute atomic E-state index is 11.3. The molecule has 0 aromatic carbocycles. The molecule has 0 spiro atoms. The van der Waals surface area contributed by atoms with Gasteiger partial charge in [0.05, 0.1) is 6.26 Å². The number of hydrogen-bond acceptors (Lipinski definition) is 4. The predicted molar refractivity (Wildman–Crippen MR) is 75.7 cm³/mol. The van der Waals surface area contributed by atoms with Crippen LogP contribution in [0.1, 0.15) is 39.0 Å². The smallest absolute Gasteiger partial charge is 0.303 e. The van der Waals surface area contributed by atoms with Crippen LogP contribution in [0, 0.1) is 0 Å². The van der Waals surface area contributed by atoms with Gasteiger partial charge in [0.2, 0.25) is 10.0 Å². The van der Waals surface area contributed by atoms with Crippen LogP contribution in [0.5, 0.6) is 0 Å². The van der Waals surface area contributed by atoms with Gasteiger partial charge in [0.15, 0.2) is 0 Å². The number of carboxylic acid groups (broad SMARTS) is 1. The Morgan fingerprint density at radius 1 is 1.16 bits per heavy atom. The Labute approximate surface area is 116 Å². The molecule has 0 saturated heterocycles. The molecule has 0 aromatic heterocycles. The number of rotatable bonds is 12. The third-order valence-electron chi connectivity index (χ3n) is 2.83. The van der Waals surface area contributed by atoms with Crippen LogP contribution in [0.4, 0.5) is 0 Å². The van der Waals surface area contributed by atoms with Crippen LogP contribution in [0.2, 0.25) is 0 Å². The summed E-state index contributed by atoms with van der Waals surface area (Å²) in [5, 5.41) is 11.7. The number of nitrogens with one attached hydrogen (secondary N) is 1. The first-order valence-electron chi connectivity index (χ1n) is 6.75. The Hall–Kier alpha value is -0.660. The molecule has 0 aliphatic carbocycles. The Balaban J connectivity index is 3.43. The summed E-state index contributed by atoms with van der Waals surface area (Å²) in [7, 11) is -3.08. The van der Waals surface area contributed by atoms with Crippen LogP contribution in [0.15, 0.2) is 0 Å². The van der Waals surface area contributed by atoms with Crippen molar-refractivity contribution in [2.24, 2.45) is 0 Å². The molecule has 114 valence electrons. The standard InChI is InChI=1S/C12H26N2O4S/c1-3-14(19(2,17)18)11-7-10-13-9-6-4-5-8-12(15)16/h13H,3-11H2,1-2H3,(H,15,16). The molecule has 6 nitrogen and oxygen atoms in total. The van der Waals surface area contributed by atoms with Crippen molar-refractivity contribution < 1.29 is 18.3 Å². The molecular formula is C12H26N2O4S. The van der Waals surface area contributed by atoms with Gasteiger partial charge in [-0.3, -0.25) is 4.79 Å². The number of carbonyl (C=O) groups is 1. The number of unbranched alkanes of at least 4 members (excludes halogenated alkanes) is 2. The number of carboxylic acids is 1. The lowest BCUT2D eigenvalue weighted by atomic mass is 10.2. The Bertz CT molecular complexity index is 344. The van der Waals surface area contributed by atoms with E-state index in [0.29, 0.717) is 19.5 Å². The lowest BCUT2D eigenvalue weighted by Gasteiger charge is -2.17. The third-order valence-corrected chi connectivity index (χ3v) is 4.21. The molecule has 0 heterocycles. The molecule has 0 aromatic rings. The Morgan fingerprint density at radius 3 is 2.32 bits per heavy atom. The molecule has 0 amide bonds. The van der Waals surface area contributed by atoms with Gasteiger partial charge in [0.1, 0.15) is 0 Å². The predicted octanol–water partition coefficient (Wildman–Crippen LogP) is 0.893. The van der Waals surface area contributed by atoms with Gasteiger partial charge in [-0.2, -0.15) is 0 Å². The molecule has 0 fully saturated rings. The Morgan fingerprint density at radius 2 is 1.79 bits per heavy atom. The van der Waals surface area contributed by atoms with E-state index in [-0.39, 0.29) is 6.42 Å². The van der Waals surface area contributed by atoms with E-state index in [2.05, 4.69) is 5.32 Å². The lowest BCUT2D eigenvalue weighted by Crippen LogP contribution is -2.32. The molecule has 19 heavy (non-hydrogen) atoms. The van der Waals surface area contributed by atoms with E-state index >= 15 is 0 Å². The fraction of sp³-hybridized carbons (Fsp3) is 0.917. The highest BCUT2D eigenvalue weighted by Crippen LogP contribution is 2.00. The van der Waals surface area contributed by atoms with E-state index in [1.54, 1.807) is 0 Å². The van der Waals surface area contributed by atoms with Crippen molar-refractivity contribution in [1.29, 1.82) is 0 Å². The SMILES string of the molecule is CCN(CCCNCCCCCC(=O)O)S(C)(=O)=O. The number of nitrogens with zero attached hydrogens (tertiary/aromatic N) is 1. The highest BCUT2D eigenvalue weighted by molar-refractivity contribution is 7.88. The maximum Gasteiger partial charge on any atom is 0.303 e. The fourth-order valence-electron chi connectivity index (χ4n) is 1.77. The van der Waals surface area contributed by atoms with E-state index in [0.717, 1.165) is 32.4 Å². The third kappa shape index (κ3) is 10.9. The van der Waals surface area contributed by atoms with Crippen LogP contribution in [-0.4, -0.2) is 56.2 Å². The van der Waals surface area contributed by atoms with Crippen LogP contribution < -0.4 is 5.32 Å².